The third-order valence-electron chi connectivity index (χ3n) is 7.28. The summed E-state index contributed by atoms with van der Waals surface area (Å²) in [6.07, 6.45) is 7.65. The lowest BCUT2D eigenvalue weighted by molar-refractivity contribution is -0.121. The van der Waals surface area contributed by atoms with Gasteiger partial charge in [0.15, 0.2) is 0 Å². The van der Waals surface area contributed by atoms with Crippen molar-refractivity contribution in [3.05, 3.63) is 16.0 Å². The van der Waals surface area contributed by atoms with Gasteiger partial charge in [-0.3, -0.25) is 4.79 Å². The second kappa shape index (κ2) is 7.47. The first-order valence-electron chi connectivity index (χ1n) is 10.9. The maximum Gasteiger partial charge on any atom is 0.341 e. The van der Waals surface area contributed by atoms with Crippen LogP contribution >= 0.6 is 11.3 Å². The zero-order valence-corrected chi connectivity index (χ0v) is 18.4. The molecule has 1 aromatic heterocycles. The van der Waals surface area contributed by atoms with Crippen LogP contribution in [0.5, 0.6) is 0 Å². The standard InChI is InChI=1S/C23H33NO3S/c1-5-27-22(26)19-16-9-8-15(23(2,3)4)12-18(16)28-21(19)24-20(25)17-11-13-6-7-14(17)10-13/h13-15,17H,5-12H2,1-4H3,(H,24,25). The zero-order valence-electron chi connectivity index (χ0n) is 17.6. The molecule has 2 saturated carbocycles. The number of nitrogens with one attached hydrogen (secondary N) is 1. The Morgan fingerprint density at radius 2 is 1.96 bits per heavy atom. The second-order valence-corrected chi connectivity index (χ2v) is 11.1. The van der Waals surface area contributed by atoms with Gasteiger partial charge in [0, 0.05) is 10.8 Å². The molecule has 3 aliphatic rings. The molecule has 2 bridgehead atoms. The van der Waals surface area contributed by atoms with E-state index >= 15 is 0 Å². The molecule has 0 aromatic carbocycles. The number of carbonyl (C=O) groups is 2. The number of carbonyl (C=O) groups excluding carboxylic acids is 2. The van der Waals surface area contributed by atoms with Gasteiger partial charge in [-0.15, -0.1) is 11.3 Å². The lowest BCUT2D eigenvalue weighted by atomic mass is 9.72. The van der Waals surface area contributed by atoms with Crippen LogP contribution in [0.3, 0.4) is 0 Å². The molecule has 0 saturated heterocycles. The van der Waals surface area contributed by atoms with E-state index in [1.54, 1.807) is 11.3 Å². The number of amides is 1. The second-order valence-electron chi connectivity index (χ2n) is 10.0. The van der Waals surface area contributed by atoms with Crippen molar-refractivity contribution in [1.82, 2.24) is 0 Å². The minimum atomic E-state index is -0.280. The molecule has 4 atom stereocenters. The number of ether oxygens (including phenoxy) is 1. The highest BCUT2D eigenvalue weighted by Crippen LogP contribution is 2.49. The molecule has 1 aromatic rings. The van der Waals surface area contributed by atoms with E-state index in [2.05, 4.69) is 26.1 Å². The van der Waals surface area contributed by atoms with Crippen LogP contribution in [0.25, 0.3) is 0 Å². The van der Waals surface area contributed by atoms with Crippen LogP contribution < -0.4 is 5.32 Å². The summed E-state index contributed by atoms with van der Waals surface area (Å²) in [4.78, 5) is 27.0. The highest BCUT2D eigenvalue weighted by Gasteiger charge is 2.43. The summed E-state index contributed by atoms with van der Waals surface area (Å²) < 4.78 is 5.36. The highest BCUT2D eigenvalue weighted by molar-refractivity contribution is 7.17. The van der Waals surface area contributed by atoms with Crippen LogP contribution in [0.2, 0.25) is 0 Å². The van der Waals surface area contributed by atoms with E-state index in [1.807, 2.05) is 6.92 Å². The van der Waals surface area contributed by atoms with Gasteiger partial charge in [0.2, 0.25) is 5.91 Å². The van der Waals surface area contributed by atoms with Crippen molar-refractivity contribution in [3.63, 3.8) is 0 Å². The molecule has 4 rings (SSSR count). The van der Waals surface area contributed by atoms with Gasteiger partial charge >= 0.3 is 5.97 Å². The van der Waals surface area contributed by atoms with Crippen LogP contribution in [0.15, 0.2) is 0 Å². The normalized spacial score (nSPS) is 28.9. The average molecular weight is 404 g/mol. The lowest BCUT2D eigenvalue weighted by Crippen LogP contribution is -2.28. The molecule has 1 N–H and O–H groups in total. The molecule has 0 aliphatic heterocycles. The number of anilines is 1. The number of rotatable bonds is 4. The SMILES string of the molecule is CCOC(=O)c1c(NC(=O)C2CC3CCC2C3)sc2c1CCC(C(C)(C)C)C2. The molecule has 1 amide bonds. The molecule has 4 unspecified atom stereocenters. The predicted molar refractivity (Wildman–Crippen MR) is 113 cm³/mol. The maximum absolute atomic E-state index is 13.0. The smallest absolute Gasteiger partial charge is 0.341 e. The third kappa shape index (κ3) is 3.62. The van der Waals surface area contributed by atoms with E-state index in [0.717, 1.165) is 42.2 Å². The van der Waals surface area contributed by atoms with Crippen molar-refractivity contribution in [2.24, 2.45) is 29.1 Å². The molecule has 4 nitrogen and oxygen atoms in total. The fourth-order valence-corrected chi connectivity index (χ4v) is 6.92. The predicted octanol–water partition coefficient (Wildman–Crippen LogP) is 5.45. The van der Waals surface area contributed by atoms with Crippen LogP contribution in [0.4, 0.5) is 5.00 Å². The molecule has 1 heterocycles. The Morgan fingerprint density at radius 1 is 1.18 bits per heavy atom. The van der Waals surface area contributed by atoms with Crippen molar-refractivity contribution < 1.29 is 14.3 Å². The van der Waals surface area contributed by atoms with E-state index in [0.29, 0.717) is 24.0 Å². The van der Waals surface area contributed by atoms with Crippen molar-refractivity contribution in [2.75, 3.05) is 11.9 Å². The number of hydrogen-bond acceptors (Lipinski definition) is 4. The summed E-state index contributed by atoms with van der Waals surface area (Å²) in [6.45, 7) is 9.06. The Balaban J connectivity index is 1.60. The number of esters is 1. The largest absolute Gasteiger partial charge is 0.462 e. The van der Waals surface area contributed by atoms with Gasteiger partial charge in [-0.1, -0.05) is 27.2 Å². The summed E-state index contributed by atoms with van der Waals surface area (Å²) in [5.41, 5.74) is 2.00. The first kappa shape index (κ1) is 19.9. The summed E-state index contributed by atoms with van der Waals surface area (Å²) in [6, 6.07) is 0. The number of hydrogen-bond donors (Lipinski definition) is 1. The Bertz CT molecular complexity index is 776. The summed E-state index contributed by atoms with van der Waals surface area (Å²) in [5, 5.41) is 3.89. The summed E-state index contributed by atoms with van der Waals surface area (Å²) in [7, 11) is 0. The molecule has 0 radical (unpaired) electrons. The molecular weight excluding hydrogens is 370 g/mol. The van der Waals surface area contributed by atoms with Gasteiger partial charge in [-0.05, 0) is 74.2 Å². The van der Waals surface area contributed by atoms with Gasteiger partial charge in [0.05, 0.1) is 12.2 Å². The van der Waals surface area contributed by atoms with Crippen LogP contribution in [0, 0.1) is 29.1 Å². The summed E-state index contributed by atoms with van der Waals surface area (Å²) in [5.74, 6) is 1.82. The van der Waals surface area contributed by atoms with E-state index in [1.165, 1.54) is 24.1 Å². The van der Waals surface area contributed by atoms with E-state index in [4.69, 9.17) is 4.74 Å². The fourth-order valence-electron chi connectivity index (χ4n) is 5.60. The lowest BCUT2D eigenvalue weighted by Gasteiger charge is -2.33. The van der Waals surface area contributed by atoms with Crippen molar-refractivity contribution in [3.8, 4) is 0 Å². The third-order valence-corrected chi connectivity index (χ3v) is 8.45. The van der Waals surface area contributed by atoms with Crippen molar-refractivity contribution >= 4 is 28.2 Å². The first-order valence-corrected chi connectivity index (χ1v) is 11.7. The Kier molecular flexibility index (Phi) is 5.32. The van der Waals surface area contributed by atoms with Gasteiger partial charge < -0.3 is 10.1 Å². The molecule has 0 spiro atoms. The molecule has 28 heavy (non-hydrogen) atoms. The van der Waals surface area contributed by atoms with Gasteiger partial charge in [-0.2, -0.15) is 0 Å². The zero-order chi connectivity index (χ0) is 20.1. The molecule has 5 heteroatoms. The van der Waals surface area contributed by atoms with Crippen LogP contribution in [-0.2, 0) is 22.4 Å². The number of fused-ring (bicyclic) bond motifs is 3. The van der Waals surface area contributed by atoms with Crippen molar-refractivity contribution in [1.29, 1.82) is 0 Å². The van der Waals surface area contributed by atoms with Gasteiger partial charge in [-0.25, -0.2) is 4.79 Å². The minimum Gasteiger partial charge on any atom is -0.462 e. The van der Waals surface area contributed by atoms with Gasteiger partial charge in [0.1, 0.15) is 5.00 Å². The van der Waals surface area contributed by atoms with Crippen molar-refractivity contribution in [2.45, 2.75) is 72.6 Å². The topological polar surface area (TPSA) is 55.4 Å². The summed E-state index contributed by atoms with van der Waals surface area (Å²) >= 11 is 1.61. The van der Waals surface area contributed by atoms with Crippen LogP contribution in [0.1, 0.15) is 80.6 Å². The maximum atomic E-state index is 13.0. The molecular formula is C23H33NO3S. The van der Waals surface area contributed by atoms with Crippen LogP contribution in [-0.4, -0.2) is 18.5 Å². The van der Waals surface area contributed by atoms with E-state index < -0.39 is 0 Å². The fraction of sp³-hybridized carbons (Fsp3) is 0.739. The van der Waals surface area contributed by atoms with Gasteiger partial charge in [0.25, 0.3) is 0 Å². The molecule has 154 valence electrons. The first-order chi connectivity index (χ1) is 13.3. The Labute approximate surface area is 172 Å². The quantitative estimate of drug-likeness (QED) is 0.680. The number of thiophene rings is 1. The van der Waals surface area contributed by atoms with E-state index in [9.17, 15) is 9.59 Å². The highest BCUT2D eigenvalue weighted by atomic mass is 32.1. The Morgan fingerprint density at radius 3 is 2.57 bits per heavy atom. The average Bonchev–Trinajstić information content (AvgIpc) is 3.33. The molecule has 2 fully saturated rings. The Hall–Kier alpha value is -1.36. The molecule has 3 aliphatic carbocycles. The van der Waals surface area contributed by atoms with E-state index in [-0.39, 0.29) is 23.2 Å². The minimum absolute atomic E-state index is 0.115. The monoisotopic (exact) mass is 403 g/mol.